The average Bonchev–Trinajstić information content (AvgIpc) is 1.62. The number of aryl methyl sites for hydroxylation is 3. The summed E-state index contributed by atoms with van der Waals surface area (Å²) in [6.07, 6.45) is -10.3. The quantitative estimate of drug-likeness (QED) is 0.0231. The lowest BCUT2D eigenvalue weighted by atomic mass is 10.1. The molecule has 4 aromatic heterocycles. The third-order valence-electron chi connectivity index (χ3n) is 18.1. The summed E-state index contributed by atoms with van der Waals surface area (Å²) in [6, 6.07) is 45.8. The zero-order valence-corrected chi connectivity index (χ0v) is 72.4. The molecule has 0 aliphatic carbocycles. The molecule has 0 saturated carbocycles. The molecule has 1 aliphatic rings. The van der Waals surface area contributed by atoms with Crippen LogP contribution in [0.1, 0.15) is 94.4 Å². The molecule has 0 atom stereocenters. The zero-order chi connectivity index (χ0) is 92.4. The molecule has 8 N–H and O–H groups in total. The summed E-state index contributed by atoms with van der Waals surface area (Å²) in [4.78, 5) is 51.2. The van der Waals surface area contributed by atoms with Crippen molar-refractivity contribution >= 4 is 121 Å². The fourth-order valence-corrected chi connectivity index (χ4v) is 14.3. The summed E-state index contributed by atoms with van der Waals surface area (Å²) in [5.41, 5.74) is 4.07. The molecule has 1 fully saturated rings. The molecule has 0 spiro atoms. The fourth-order valence-electron chi connectivity index (χ4n) is 12.7. The second-order valence-corrected chi connectivity index (χ2v) is 32.4. The second kappa shape index (κ2) is 42.5. The average molecular weight is 1820 g/mol. The number of hydrogen-bond donors (Lipinski definition) is 7. The summed E-state index contributed by atoms with van der Waals surface area (Å²) in [5, 5.41) is 16.2. The number of methoxy groups -OCH3 is 3. The molecule has 41 heteroatoms. The van der Waals surface area contributed by atoms with Gasteiger partial charge in [0.2, 0.25) is 41.9 Å². The lowest BCUT2D eigenvalue weighted by molar-refractivity contribution is -0.138. The van der Waals surface area contributed by atoms with E-state index in [9.17, 15) is 84.3 Å². The first kappa shape index (κ1) is 99.9. The number of benzene rings is 8. The van der Waals surface area contributed by atoms with Crippen LogP contribution in [0, 0.1) is 0 Å². The van der Waals surface area contributed by atoms with Gasteiger partial charge in [-0.1, -0.05) is 132 Å². The Morgan fingerprint density at radius 1 is 0.452 bits per heavy atom. The second-order valence-electron chi connectivity index (χ2n) is 27.2. The largest absolute Gasteiger partial charge is 0.492 e. The van der Waals surface area contributed by atoms with E-state index in [1.807, 2.05) is 121 Å². The number of halogens is 9. The van der Waals surface area contributed by atoms with E-state index in [-0.39, 0.29) is 64.5 Å². The van der Waals surface area contributed by atoms with Gasteiger partial charge in [0.1, 0.15) is 41.8 Å². The normalized spacial score (nSPS) is 12.3. The Bertz CT molecular complexity index is 6190. The van der Waals surface area contributed by atoms with Crippen LogP contribution in [0.25, 0.3) is 32.7 Å². The molecule has 678 valence electrons. The molecule has 126 heavy (non-hydrogen) atoms. The van der Waals surface area contributed by atoms with Gasteiger partial charge in [0.25, 0.3) is 11.8 Å². The predicted molar refractivity (Wildman–Crippen MR) is 468 cm³/mol. The van der Waals surface area contributed by atoms with Gasteiger partial charge in [-0.3, -0.25) is 23.8 Å². The van der Waals surface area contributed by atoms with Crippen LogP contribution in [0.2, 0.25) is 0 Å². The van der Waals surface area contributed by atoms with Gasteiger partial charge in [-0.15, -0.1) is 0 Å². The van der Waals surface area contributed by atoms with E-state index in [0.29, 0.717) is 100 Å². The van der Waals surface area contributed by atoms with E-state index in [4.69, 9.17) is 34.2 Å². The van der Waals surface area contributed by atoms with Crippen molar-refractivity contribution in [1.29, 1.82) is 0 Å². The van der Waals surface area contributed by atoms with Crippen molar-refractivity contribution in [2.24, 2.45) is 21.1 Å². The lowest BCUT2D eigenvalue weighted by Gasteiger charge is -2.32. The standard InChI is InChI=1S/C28H30F3N7O5S.C26H24F3N3O5S.C17H15NO3.C9H11F3N2O3S.2C2H6.CH4/c1-36-10-12-38(13-11-36)27-32-9-8-23(34-27)43-22-7-5-6-17-14-21(37(2)24(17)22)26(39)33-19-15-18(28(29,30)31)16-20(25(19)42-3)35-44(4,40)41;1-32-21(12-17-10-7-11-22(23(17)32)37-15-16-8-5-4-6-9-16)25(33)30-19-13-18(26(27,28)29)14-20(24(19)36-2)31-38(3,34)35;1-18-14(17(19)20)10-13-8-5-9-15(16(13)18)21-11-12-6-3-2-4-7-12;1-17-8-6(13)3-5(9(10,11)12)4-7(8)14-18(2,15)16;2*1-2;/h5-9,14-16,35H,10-13H2,1-4H3,(H,33,39);4-14,31H,15H2,1-3H3,(H,30,33);2-10H,11H2,1H3,(H,19,20);3-4,14H,13H2,1-2H3;2*1-2H3;1H4. The maximum atomic E-state index is 13.7. The zero-order valence-electron chi connectivity index (χ0n) is 70.0. The van der Waals surface area contributed by atoms with Crippen molar-refractivity contribution in [3.05, 3.63) is 227 Å². The van der Waals surface area contributed by atoms with Gasteiger partial charge in [-0.05, 0) is 91.0 Å². The number of aromatic carboxylic acids is 1. The number of piperazine rings is 1. The molecular weight excluding hydrogens is 1730 g/mol. The van der Waals surface area contributed by atoms with Gasteiger partial charge in [0.15, 0.2) is 23.0 Å². The highest BCUT2D eigenvalue weighted by atomic mass is 32.2. The highest BCUT2D eigenvalue weighted by molar-refractivity contribution is 7.92. The number of fused-ring (bicyclic) bond motifs is 3. The van der Waals surface area contributed by atoms with E-state index < -0.39 is 94.4 Å². The van der Waals surface area contributed by atoms with Gasteiger partial charge in [-0.25, -0.2) is 35.0 Å². The molecular formula is C85H96F9N13O16S3. The third-order valence-corrected chi connectivity index (χ3v) is 19.9. The van der Waals surface area contributed by atoms with Crippen molar-refractivity contribution in [3.63, 3.8) is 0 Å². The van der Waals surface area contributed by atoms with Crippen molar-refractivity contribution in [2.75, 3.05) is 109 Å². The molecule has 1 aliphatic heterocycles. The summed E-state index contributed by atoms with van der Waals surface area (Å²) >= 11 is 0. The first-order valence-electron chi connectivity index (χ1n) is 37.8. The first-order valence-corrected chi connectivity index (χ1v) is 43.4. The monoisotopic (exact) mass is 1820 g/mol. The van der Waals surface area contributed by atoms with Crippen molar-refractivity contribution in [1.82, 2.24) is 28.6 Å². The van der Waals surface area contributed by atoms with E-state index in [0.717, 1.165) is 81.2 Å². The maximum absolute atomic E-state index is 13.7. The van der Waals surface area contributed by atoms with Crippen molar-refractivity contribution in [2.45, 2.75) is 66.9 Å². The maximum Gasteiger partial charge on any atom is 0.416 e. The Balaban J connectivity index is 0.000000240. The Labute approximate surface area is 722 Å². The highest BCUT2D eigenvalue weighted by Gasteiger charge is 2.37. The number of nitrogens with one attached hydrogen (secondary N) is 5. The molecule has 2 amide bonds. The summed E-state index contributed by atoms with van der Waals surface area (Å²) in [7, 11) is -1.17. The van der Waals surface area contributed by atoms with E-state index in [2.05, 4.69) is 37.4 Å². The summed E-state index contributed by atoms with van der Waals surface area (Å²) < 4.78 is 233. The van der Waals surface area contributed by atoms with Crippen LogP contribution in [-0.4, -0.2) is 150 Å². The number of ether oxygens (including phenoxy) is 6. The molecule has 8 aromatic carbocycles. The van der Waals surface area contributed by atoms with Crippen LogP contribution < -0.4 is 63.9 Å². The fraction of sp³-hybridized carbons (Fsp3) is 0.282. The summed E-state index contributed by atoms with van der Waals surface area (Å²) in [6.45, 7) is 12.0. The molecule has 5 heterocycles. The highest BCUT2D eigenvalue weighted by Crippen LogP contribution is 2.45. The smallest absolute Gasteiger partial charge is 0.416 e. The number of nitrogens with two attached hydrogens (primary N) is 1. The Hall–Kier alpha value is -13.2. The van der Waals surface area contributed by atoms with E-state index >= 15 is 0 Å². The molecule has 0 radical (unpaired) electrons. The minimum atomic E-state index is -4.84. The Morgan fingerprint density at radius 2 is 0.794 bits per heavy atom. The van der Waals surface area contributed by atoms with Gasteiger partial charge >= 0.3 is 24.5 Å². The van der Waals surface area contributed by atoms with Gasteiger partial charge < -0.3 is 73.4 Å². The van der Waals surface area contributed by atoms with Crippen LogP contribution in [0.4, 0.5) is 79.6 Å². The van der Waals surface area contributed by atoms with Gasteiger partial charge in [0, 0.05) is 75.7 Å². The van der Waals surface area contributed by atoms with Crippen molar-refractivity contribution < 1.29 is 113 Å². The number of anilines is 7. The number of para-hydroxylation sites is 3. The number of sulfonamides is 3. The first-order chi connectivity index (χ1) is 58.8. The number of rotatable bonds is 23. The number of carboxylic acids is 1. The van der Waals surface area contributed by atoms with E-state index in [1.54, 1.807) is 102 Å². The SMILES string of the molecule is C.CC.CC.COc1c(N)cc(C(F)(F)F)cc1NS(C)(=O)=O.COc1c(NC(=O)c2cc3cccc(OCc4ccccc4)c3n2C)cc(C(F)(F)F)cc1NS(C)(=O)=O.COc1c(NC(=O)c2cc3cccc(Oc4ccnc(N5CCN(C)CC5)n4)c3n2C)cc(C(F)(F)F)cc1NS(C)(=O)=O.Cn1c(C(=O)O)cc2cccc(OCc3ccccc3)c21. The topological polar surface area (TPSA) is 362 Å². The number of carbonyl (C=O) groups excluding carboxylic acids is 2. The molecule has 1 saturated heterocycles. The molecule has 12 aromatic rings. The number of carbonyl (C=O) groups is 3. The Morgan fingerprint density at radius 3 is 1.16 bits per heavy atom. The van der Waals surface area contributed by atoms with Crippen LogP contribution in [0.15, 0.2) is 182 Å². The number of aromatic nitrogens is 5. The van der Waals surface area contributed by atoms with E-state index in [1.165, 1.54) is 7.11 Å². The number of likely N-dealkylation sites (N-methyl/N-ethyl adjacent to an activating group) is 1. The van der Waals surface area contributed by atoms with Crippen molar-refractivity contribution in [3.8, 4) is 40.4 Å². The van der Waals surface area contributed by atoms with Gasteiger partial charge in [0.05, 0.1) is 107 Å². The summed E-state index contributed by atoms with van der Waals surface area (Å²) in [5.74, 6) is -0.739. The van der Waals surface area contributed by atoms with Crippen LogP contribution in [-0.2, 0) is 83.0 Å². The minimum absolute atomic E-state index is 0. The van der Waals surface area contributed by atoms with Gasteiger partial charge in [-0.2, -0.15) is 44.5 Å². The predicted octanol–water partition coefficient (Wildman–Crippen LogP) is 17.4. The number of nitrogens with zero attached hydrogens (tertiary/aromatic N) is 7. The van der Waals surface area contributed by atoms with Crippen LogP contribution >= 0.6 is 0 Å². The van der Waals surface area contributed by atoms with Crippen LogP contribution in [0.5, 0.6) is 40.4 Å². The Kier molecular flexibility index (Phi) is 33.7. The number of carboxylic acid groups (broad SMARTS) is 1. The number of nitrogen functional groups attached to an aromatic ring is 1. The minimum Gasteiger partial charge on any atom is -0.492 e. The lowest BCUT2D eigenvalue weighted by Crippen LogP contribution is -2.45. The third kappa shape index (κ3) is 26.2. The molecule has 13 rings (SSSR count). The number of hydrogen-bond acceptors (Lipinski definition) is 20. The number of amides is 2. The molecule has 29 nitrogen and oxygen atoms in total. The molecule has 0 unspecified atom stereocenters. The van der Waals surface area contributed by atoms with Crippen LogP contribution in [0.3, 0.4) is 0 Å². The number of alkyl halides is 9. The molecule has 0 bridgehead atoms.